The molecule has 4 heteroatoms. The summed E-state index contributed by atoms with van der Waals surface area (Å²) in [5.74, 6) is 0. The van der Waals surface area contributed by atoms with Crippen LogP contribution in [0.2, 0.25) is 0 Å². The second-order valence-corrected chi connectivity index (χ2v) is 10.9. The summed E-state index contributed by atoms with van der Waals surface area (Å²) in [6, 6.07) is 39.2. The van der Waals surface area contributed by atoms with E-state index < -0.39 is 0 Å². The van der Waals surface area contributed by atoms with Gasteiger partial charge in [0.25, 0.3) is 0 Å². The Morgan fingerprint density at radius 1 is 0.571 bits per heavy atom. The Labute approximate surface area is 209 Å². The molecule has 0 radical (unpaired) electrons. The maximum absolute atomic E-state index is 5.10. The van der Waals surface area contributed by atoms with Crippen molar-refractivity contribution in [1.82, 2.24) is 9.55 Å². The number of hydrogen-bond donors (Lipinski definition) is 0. The fraction of sp³-hybridized carbons (Fsp3) is 0. The molecule has 0 spiro atoms. The van der Waals surface area contributed by atoms with E-state index >= 15 is 0 Å². The van der Waals surface area contributed by atoms with Gasteiger partial charge in [-0.25, -0.2) is 4.98 Å². The zero-order chi connectivity index (χ0) is 22.9. The van der Waals surface area contributed by atoms with E-state index in [1.807, 2.05) is 11.3 Å². The third-order valence-corrected chi connectivity index (χ3v) is 9.10. The molecule has 0 aliphatic rings. The second kappa shape index (κ2) is 7.25. The first-order chi connectivity index (χ1) is 17.3. The van der Waals surface area contributed by atoms with Crippen LogP contribution in [-0.2, 0) is 0 Å². The summed E-state index contributed by atoms with van der Waals surface area (Å²) in [5, 5.41) is 6.27. The fourth-order valence-corrected chi connectivity index (χ4v) is 7.58. The lowest BCUT2D eigenvalue weighted by Crippen LogP contribution is -1.93. The minimum Gasteiger partial charge on any atom is -0.309 e. The number of rotatable bonds is 2. The maximum atomic E-state index is 5.10. The van der Waals surface area contributed by atoms with Crippen molar-refractivity contribution in [3.8, 4) is 16.3 Å². The van der Waals surface area contributed by atoms with E-state index in [-0.39, 0.29) is 0 Å². The molecule has 0 N–H and O–H groups in total. The monoisotopic (exact) mass is 482 g/mol. The molecule has 5 aromatic carbocycles. The normalized spacial score (nSPS) is 12.0. The van der Waals surface area contributed by atoms with Gasteiger partial charge in [-0.1, -0.05) is 66.7 Å². The molecular formula is C31H18N2S2. The Morgan fingerprint density at radius 3 is 2.26 bits per heavy atom. The van der Waals surface area contributed by atoms with E-state index in [1.54, 1.807) is 11.3 Å². The molecule has 0 bridgehead atoms. The topological polar surface area (TPSA) is 17.8 Å². The van der Waals surface area contributed by atoms with Crippen molar-refractivity contribution in [3.63, 3.8) is 0 Å². The fourth-order valence-electron chi connectivity index (χ4n) is 5.28. The van der Waals surface area contributed by atoms with Crippen LogP contribution in [-0.4, -0.2) is 9.55 Å². The van der Waals surface area contributed by atoms with Gasteiger partial charge in [0.2, 0.25) is 0 Å². The van der Waals surface area contributed by atoms with Gasteiger partial charge < -0.3 is 4.57 Å². The first kappa shape index (κ1) is 19.3. The number of para-hydroxylation sites is 2. The molecule has 0 saturated carbocycles. The van der Waals surface area contributed by atoms with Crippen LogP contribution in [0.5, 0.6) is 0 Å². The third kappa shape index (κ3) is 2.78. The van der Waals surface area contributed by atoms with Gasteiger partial charge in [-0.05, 0) is 42.5 Å². The van der Waals surface area contributed by atoms with Crippen LogP contribution in [0.4, 0.5) is 0 Å². The number of hydrogen-bond acceptors (Lipinski definition) is 3. The molecule has 0 saturated heterocycles. The lowest BCUT2D eigenvalue weighted by Gasteiger charge is -2.08. The molecule has 0 atom stereocenters. The minimum absolute atomic E-state index is 1.06. The molecule has 35 heavy (non-hydrogen) atoms. The first-order valence-electron chi connectivity index (χ1n) is 11.6. The number of fused-ring (bicyclic) bond motifs is 8. The van der Waals surface area contributed by atoms with Crippen molar-refractivity contribution in [2.24, 2.45) is 0 Å². The predicted molar refractivity (Wildman–Crippen MR) is 152 cm³/mol. The summed E-state index contributed by atoms with van der Waals surface area (Å²) >= 11 is 3.66. The van der Waals surface area contributed by atoms with Crippen molar-refractivity contribution in [2.45, 2.75) is 0 Å². The molecule has 0 unspecified atom stereocenters. The Bertz CT molecular complexity index is 2060. The smallest absolute Gasteiger partial charge is 0.124 e. The standard InChI is InChI=1S/C31H18N2S2/c1-2-8-20(9-3-1)33-25-12-6-4-10-21(25)22-15-14-19(18-26(22)33)31-32-24-16-17-28-29(30(24)35-31)23-11-5-7-13-27(23)34-28/h1-18H. The zero-order valence-corrected chi connectivity index (χ0v) is 20.2. The number of aromatic nitrogens is 2. The summed E-state index contributed by atoms with van der Waals surface area (Å²) in [6.45, 7) is 0. The molecule has 8 aromatic rings. The van der Waals surface area contributed by atoms with E-state index in [0.29, 0.717) is 0 Å². The van der Waals surface area contributed by atoms with E-state index in [1.165, 1.54) is 52.4 Å². The lowest BCUT2D eigenvalue weighted by atomic mass is 10.1. The van der Waals surface area contributed by atoms with E-state index in [9.17, 15) is 0 Å². The molecule has 8 rings (SSSR count). The highest BCUT2D eigenvalue weighted by Gasteiger charge is 2.16. The molecule has 0 aliphatic heterocycles. The Morgan fingerprint density at radius 2 is 1.34 bits per heavy atom. The molecule has 2 nitrogen and oxygen atoms in total. The lowest BCUT2D eigenvalue weighted by molar-refractivity contribution is 1.18. The van der Waals surface area contributed by atoms with Crippen molar-refractivity contribution in [3.05, 3.63) is 109 Å². The van der Waals surface area contributed by atoms with Gasteiger partial charge in [0.15, 0.2) is 0 Å². The van der Waals surface area contributed by atoms with E-state index in [2.05, 4.69) is 114 Å². The first-order valence-corrected chi connectivity index (χ1v) is 13.3. The summed E-state index contributed by atoms with van der Waals surface area (Å²) in [6.07, 6.45) is 0. The van der Waals surface area contributed by atoms with E-state index in [4.69, 9.17) is 4.98 Å². The SMILES string of the molecule is c1ccc(-n2c3ccccc3c3ccc(-c4nc5ccc6sc7ccccc7c6c5s4)cc32)cc1. The Balaban J connectivity index is 1.41. The maximum Gasteiger partial charge on any atom is 0.124 e. The largest absolute Gasteiger partial charge is 0.309 e. The van der Waals surface area contributed by atoms with Gasteiger partial charge in [0.05, 0.1) is 21.3 Å². The number of benzene rings is 5. The number of thiophene rings is 1. The quantitative estimate of drug-likeness (QED) is 0.240. The van der Waals surface area contributed by atoms with Gasteiger partial charge in [0.1, 0.15) is 5.01 Å². The number of thiazole rings is 1. The minimum atomic E-state index is 1.06. The molecule has 0 fully saturated rings. The number of nitrogens with zero attached hydrogens (tertiary/aromatic N) is 2. The zero-order valence-electron chi connectivity index (χ0n) is 18.6. The van der Waals surface area contributed by atoms with Crippen molar-refractivity contribution in [2.75, 3.05) is 0 Å². The molecule has 3 heterocycles. The van der Waals surface area contributed by atoms with E-state index in [0.717, 1.165) is 16.1 Å². The highest BCUT2D eigenvalue weighted by Crippen LogP contribution is 2.43. The van der Waals surface area contributed by atoms with Crippen LogP contribution < -0.4 is 0 Å². The van der Waals surface area contributed by atoms with Crippen LogP contribution in [0.15, 0.2) is 109 Å². The van der Waals surface area contributed by atoms with Gasteiger partial charge >= 0.3 is 0 Å². The molecule has 164 valence electrons. The average Bonchev–Trinajstić information content (AvgIpc) is 3.60. The van der Waals surface area contributed by atoms with Crippen molar-refractivity contribution in [1.29, 1.82) is 0 Å². The predicted octanol–water partition coefficient (Wildman–Crippen LogP) is 9.43. The molecular weight excluding hydrogens is 464 g/mol. The summed E-state index contributed by atoms with van der Waals surface area (Å²) in [5.41, 5.74) is 5.84. The molecule has 0 aliphatic carbocycles. The summed E-state index contributed by atoms with van der Waals surface area (Å²) in [4.78, 5) is 5.10. The molecule has 0 amide bonds. The van der Waals surface area contributed by atoms with Gasteiger partial charge in [0, 0.05) is 42.2 Å². The van der Waals surface area contributed by atoms with Crippen LogP contribution >= 0.6 is 22.7 Å². The summed E-state index contributed by atoms with van der Waals surface area (Å²) < 4.78 is 6.30. The Kier molecular flexibility index (Phi) is 4.01. The second-order valence-electron chi connectivity index (χ2n) is 8.82. The van der Waals surface area contributed by atoms with Crippen LogP contribution in [0.1, 0.15) is 0 Å². The van der Waals surface area contributed by atoms with Crippen LogP contribution in [0.3, 0.4) is 0 Å². The molecule has 3 aromatic heterocycles. The van der Waals surface area contributed by atoms with Crippen molar-refractivity contribution < 1.29 is 0 Å². The summed E-state index contributed by atoms with van der Waals surface area (Å²) in [7, 11) is 0. The highest BCUT2D eigenvalue weighted by molar-refractivity contribution is 7.28. The average molecular weight is 483 g/mol. The van der Waals surface area contributed by atoms with Gasteiger partial charge in [-0.3, -0.25) is 0 Å². The van der Waals surface area contributed by atoms with Gasteiger partial charge in [-0.15, -0.1) is 22.7 Å². The van der Waals surface area contributed by atoms with Gasteiger partial charge in [-0.2, -0.15) is 0 Å². The Hall–Kier alpha value is -3.99. The van der Waals surface area contributed by atoms with Crippen LogP contribution in [0.25, 0.3) is 68.5 Å². The third-order valence-electron chi connectivity index (χ3n) is 6.83. The highest BCUT2D eigenvalue weighted by atomic mass is 32.1. The van der Waals surface area contributed by atoms with Crippen molar-refractivity contribution >= 4 is 74.9 Å². The van der Waals surface area contributed by atoms with Crippen LogP contribution in [0, 0.1) is 0 Å².